The summed E-state index contributed by atoms with van der Waals surface area (Å²) in [6.07, 6.45) is 6.77. The van der Waals surface area contributed by atoms with E-state index in [1.807, 2.05) is 30.0 Å². The molecule has 0 amide bonds. The van der Waals surface area contributed by atoms with Crippen molar-refractivity contribution in [1.82, 2.24) is 9.97 Å². The van der Waals surface area contributed by atoms with Crippen molar-refractivity contribution in [2.24, 2.45) is 5.92 Å². The molecular weight excluding hydrogens is 484 g/mol. The molecule has 0 N–H and O–H groups in total. The van der Waals surface area contributed by atoms with E-state index >= 15 is 0 Å². The summed E-state index contributed by atoms with van der Waals surface area (Å²) in [5.74, 6) is 0.646. The molecule has 0 radical (unpaired) electrons. The molecule has 6 rings (SSSR count). The fourth-order valence-corrected chi connectivity index (χ4v) is 7.02. The number of hydrogen-bond donors (Lipinski definition) is 0. The van der Waals surface area contributed by atoms with Gasteiger partial charge in [-0.15, -0.1) is 11.3 Å². The molecule has 0 bridgehead atoms. The Labute approximate surface area is 228 Å². The Kier molecular flexibility index (Phi) is 5.92. The monoisotopic (exact) mass is 518 g/mol. The lowest BCUT2D eigenvalue weighted by Crippen LogP contribution is -2.12. The summed E-state index contributed by atoms with van der Waals surface area (Å²) in [6.45, 7) is 15.7. The predicted molar refractivity (Wildman–Crippen MR) is 162 cm³/mol. The van der Waals surface area contributed by atoms with Gasteiger partial charge in [-0.25, -0.2) is 4.98 Å². The Morgan fingerprint density at radius 1 is 0.947 bits per heavy atom. The van der Waals surface area contributed by atoms with Crippen molar-refractivity contribution >= 4 is 43.3 Å². The summed E-state index contributed by atoms with van der Waals surface area (Å²) < 4.78 is 7.33. The fraction of sp³-hybridized carbons (Fsp3) is 0.294. The van der Waals surface area contributed by atoms with Crippen LogP contribution in [0.2, 0.25) is 0 Å². The van der Waals surface area contributed by atoms with Crippen LogP contribution in [0.15, 0.2) is 65.5 Å². The van der Waals surface area contributed by atoms with E-state index < -0.39 is 0 Å². The third-order valence-electron chi connectivity index (χ3n) is 7.53. The van der Waals surface area contributed by atoms with Gasteiger partial charge in [0.05, 0.1) is 17.3 Å². The molecule has 0 atom stereocenters. The molecule has 4 heterocycles. The van der Waals surface area contributed by atoms with E-state index in [2.05, 4.69) is 95.9 Å². The highest BCUT2D eigenvalue weighted by Crippen LogP contribution is 2.40. The first kappa shape index (κ1) is 24.8. The van der Waals surface area contributed by atoms with E-state index in [1.54, 1.807) is 0 Å². The van der Waals surface area contributed by atoms with Gasteiger partial charge in [0, 0.05) is 32.9 Å². The minimum atomic E-state index is -0.0143. The third-order valence-corrected chi connectivity index (χ3v) is 8.80. The lowest BCUT2D eigenvalue weighted by atomic mass is 9.82. The molecule has 0 aliphatic heterocycles. The van der Waals surface area contributed by atoms with Gasteiger partial charge in [0.2, 0.25) is 5.71 Å². The van der Waals surface area contributed by atoms with Crippen molar-refractivity contribution in [3.05, 3.63) is 82.7 Å². The minimum absolute atomic E-state index is 0.0143. The maximum absolute atomic E-state index is 5.99. The van der Waals surface area contributed by atoms with Gasteiger partial charge in [-0.1, -0.05) is 46.8 Å². The summed E-state index contributed by atoms with van der Waals surface area (Å²) >= 11 is 1.93. The molecule has 0 saturated heterocycles. The zero-order valence-corrected chi connectivity index (χ0v) is 24.1. The van der Waals surface area contributed by atoms with Crippen molar-refractivity contribution < 1.29 is 4.42 Å². The average Bonchev–Trinajstić information content (AvgIpc) is 3.40. The lowest BCUT2D eigenvalue weighted by molar-refractivity contribution is 0.596. The highest BCUT2D eigenvalue weighted by molar-refractivity contribution is 7.19. The fourth-order valence-electron chi connectivity index (χ4n) is 5.55. The quantitative estimate of drug-likeness (QED) is 0.233. The topological polar surface area (TPSA) is 38.9 Å². The molecule has 0 fully saturated rings. The van der Waals surface area contributed by atoms with Crippen LogP contribution in [0.3, 0.4) is 0 Å². The Bertz CT molecular complexity index is 1830. The molecule has 0 spiro atoms. The SMILES string of the molecule is Cc1c(CC(C)C)sc2cc(-c3cc(-c4cc(C(C)(C)C)c5ccncc5c4)nc4occ(C)c34)ccc12. The number of aromatic nitrogens is 2. The van der Waals surface area contributed by atoms with Gasteiger partial charge < -0.3 is 4.42 Å². The molecule has 192 valence electrons. The van der Waals surface area contributed by atoms with Crippen LogP contribution in [0.4, 0.5) is 0 Å². The highest BCUT2D eigenvalue weighted by atomic mass is 32.1. The molecule has 0 saturated carbocycles. The Morgan fingerprint density at radius 3 is 2.53 bits per heavy atom. The zero-order valence-electron chi connectivity index (χ0n) is 23.3. The van der Waals surface area contributed by atoms with Crippen molar-refractivity contribution in [2.75, 3.05) is 0 Å². The van der Waals surface area contributed by atoms with Gasteiger partial charge in [0.25, 0.3) is 0 Å². The smallest absolute Gasteiger partial charge is 0.227 e. The molecule has 6 aromatic rings. The number of thiophene rings is 1. The first-order valence-corrected chi connectivity index (χ1v) is 14.2. The second kappa shape index (κ2) is 9.06. The molecule has 0 unspecified atom stereocenters. The first-order chi connectivity index (χ1) is 18.1. The summed E-state index contributed by atoms with van der Waals surface area (Å²) in [5.41, 5.74) is 8.85. The van der Waals surface area contributed by atoms with E-state index in [1.165, 1.54) is 42.6 Å². The molecule has 2 aromatic carbocycles. The summed E-state index contributed by atoms with van der Waals surface area (Å²) in [4.78, 5) is 10.9. The van der Waals surface area contributed by atoms with Crippen molar-refractivity contribution in [1.29, 1.82) is 0 Å². The van der Waals surface area contributed by atoms with Gasteiger partial charge in [-0.2, -0.15) is 0 Å². The van der Waals surface area contributed by atoms with Crippen molar-refractivity contribution in [3.63, 3.8) is 0 Å². The van der Waals surface area contributed by atoms with Crippen LogP contribution in [0.1, 0.15) is 56.2 Å². The number of furan rings is 1. The van der Waals surface area contributed by atoms with Gasteiger partial charge in [-0.05, 0) is 101 Å². The minimum Gasteiger partial charge on any atom is -0.446 e. The van der Waals surface area contributed by atoms with E-state index in [4.69, 9.17) is 9.40 Å². The molecule has 0 aliphatic carbocycles. The molecular formula is C34H34N2OS. The van der Waals surface area contributed by atoms with E-state index in [-0.39, 0.29) is 5.41 Å². The number of benzene rings is 2. The van der Waals surface area contributed by atoms with Gasteiger partial charge in [-0.3, -0.25) is 4.98 Å². The predicted octanol–water partition coefficient (Wildman–Crippen LogP) is 10.0. The van der Waals surface area contributed by atoms with Crippen molar-refractivity contribution in [2.45, 2.75) is 60.3 Å². The summed E-state index contributed by atoms with van der Waals surface area (Å²) in [5, 5.41) is 4.81. The molecule has 3 nitrogen and oxygen atoms in total. The first-order valence-electron chi connectivity index (χ1n) is 13.4. The Hall–Kier alpha value is -3.50. The lowest BCUT2D eigenvalue weighted by Gasteiger charge is -2.22. The van der Waals surface area contributed by atoms with Crippen LogP contribution in [-0.2, 0) is 11.8 Å². The second-order valence-corrected chi connectivity index (χ2v) is 13.1. The van der Waals surface area contributed by atoms with Crippen molar-refractivity contribution in [3.8, 4) is 22.4 Å². The normalized spacial score (nSPS) is 12.4. The molecule has 38 heavy (non-hydrogen) atoms. The Morgan fingerprint density at radius 2 is 1.76 bits per heavy atom. The molecule has 0 aliphatic rings. The number of fused-ring (bicyclic) bond motifs is 3. The number of rotatable bonds is 4. The van der Waals surface area contributed by atoms with Gasteiger partial charge in [0.1, 0.15) is 0 Å². The van der Waals surface area contributed by atoms with Gasteiger partial charge >= 0.3 is 0 Å². The third kappa shape index (κ3) is 4.21. The van der Waals surface area contributed by atoms with Crippen LogP contribution >= 0.6 is 11.3 Å². The van der Waals surface area contributed by atoms with Crippen LogP contribution in [0.25, 0.3) is 54.3 Å². The summed E-state index contributed by atoms with van der Waals surface area (Å²) in [6, 6.07) is 15.8. The zero-order chi connectivity index (χ0) is 26.8. The largest absolute Gasteiger partial charge is 0.446 e. The average molecular weight is 519 g/mol. The van der Waals surface area contributed by atoms with E-state index in [0.29, 0.717) is 11.6 Å². The maximum Gasteiger partial charge on any atom is 0.227 e. The van der Waals surface area contributed by atoms with E-state index in [0.717, 1.165) is 34.0 Å². The highest BCUT2D eigenvalue weighted by Gasteiger charge is 2.21. The number of nitrogens with zero attached hydrogens (tertiary/aromatic N) is 2. The van der Waals surface area contributed by atoms with Crippen LogP contribution in [-0.4, -0.2) is 9.97 Å². The molecule has 4 aromatic heterocycles. The standard InChI is InChI=1S/C34H34N2OS/c1-19(2)12-30-21(4)25-9-8-22(15-31(25)38-30)27-16-29(36-33-32(27)20(3)18-37-33)23-13-24-17-35-11-10-26(24)28(14-23)34(5,6)7/h8-11,13-19H,12H2,1-7H3. The number of hydrogen-bond acceptors (Lipinski definition) is 4. The van der Waals surface area contributed by atoms with Crippen LogP contribution < -0.4 is 0 Å². The Balaban J connectivity index is 1.57. The maximum atomic E-state index is 5.99. The van der Waals surface area contributed by atoms with Crippen LogP contribution in [0, 0.1) is 19.8 Å². The molecule has 4 heteroatoms. The van der Waals surface area contributed by atoms with Crippen LogP contribution in [0.5, 0.6) is 0 Å². The van der Waals surface area contributed by atoms with Gasteiger partial charge in [0.15, 0.2) is 0 Å². The van der Waals surface area contributed by atoms with E-state index in [9.17, 15) is 0 Å². The summed E-state index contributed by atoms with van der Waals surface area (Å²) in [7, 11) is 0. The number of pyridine rings is 2. The number of aryl methyl sites for hydroxylation is 2. The second-order valence-electron chi connectivity index (χ2n) is 12.0.